The Bertz CT molecular complexity index is 839. The predicted molar refractivity (Wildman–Crippen MR) is 115 cm³/mol. The molecule has 0 saturated carbocycles. The van der Waals surface area contributed by atoms with E-state index >= 15 is 0 Å². The fourth-order valence-electron chi connectivity index (χ4n) is 2.09. The van der Waals surface area contributed by atoms with E-state index in [1.807, 2.05) is 36.4 Å². The molecule has 29 heavy (non-hydrogen) atoms. The number of aromatic carboxylic acids is 1. The van der Waals surface area contributed by atoms with Gasteiger partial charge < -0.3 is 20.4 Å². The molecule has 3 rings (SSSR count). The van der Waals surface area contributed by atoms with Crippen LogP contribution in [0.15, 0.2) is 72.8 Å². The maximum Gasteiger partial charge on any atom is 0.335 e. The van der Waals surface area contributed by atoms with Gasteiger partial charge >= 0.3 is 5.97 Å². The molecule has 152 valence electrons. The summed E-state index contributed by atoms with van der Waals surface area (Å²) in [6.45, 7) is 0. The van der Waals surface area contributed by atoms with Crippen LogP contribution in [-0.4, -0.2) is 26.4 Å². The van der Waals surface area contributed by atoms with Gasteiger partial charge in [-0.2, -0.15) is 0 Å². The van der Waals surface area contributed by atoms with Gasteiger partial charge in [0.2, 0.25) is 0 Å². The zero-order chi connectivity index (χ0) is 21.1. The minimum atomic E-state index is -1.29. The smallest absolute Gasteiger partial charge is 0.335 e. The molecule has 0 saturated heterocycles. The van der Waals surface area contributed by atoms with Crippen molar-refractivity contribution < 1.29 is 28.8 Å². The van der Waals surface area contributed by atoms with E-state index in [0.717, 1.165) is 23.6 Å². The van der Waals surface area contributed by atoms with Crippen LogP contribution in [0.1, 0.15) is 21.5 Å². The zero-order valence-electron chi connectivity index (χ0n) is 15.3. The number of hydrogen-bond acceptors (Lipinski definition) is 7. The van der Waals surface area contributed by atoms with Gasteiger partial charge in [-0.3, -0.25) is 0 Å². The summed E-state index contributed by atoms with van der Waals surface area (Å²) in [5, 5.41) is 35.0. The van der Waals surface area contributed by atoms with Gasteiger partial charge in [-0.25, -0.2) is 8.42 Å². The Hall–Kier alpha value is -2.81. The summed E-state index contributed by atoms with van der Waals surface area (Å²) in [7, 11) is 0. The SMILES string of the molecule is O=C(O)c1cc(O)c(O)c(O)c1.c1ccc(CSOSCc2ccccc2)cc1. The Labute approximate surface area is 177 Å². The molecule has 0 bridgehead atoms. The summed E-state index contributed by atoms with van der Waals surface area (Å²) in [5.74, 6) is -1.55. The van der Waals surface area contributed by atoms with E-state index in [4.69, 9.17) is 24.1 Å². The van der Waals surface area contributed by atoms with Gasteiger partial charge in [0, 0.05) is 35.6 Å². The van der Waals surface area contributed by atoms with Crippen molar-refractivity contribution in [3.05, 3.63) is 89.5 Å². The normalized spacial score (nSPS) is 10.1. The number of aromatic hydroxyl groups is 3. The Morgan fingerprint density at radius 2 is 1.17 bits per heavy atom. The van der Waals surface area contributed by atoms with E-state index < -0.39 is 23.2 Å². The Balaban J connectivity index is 0.000000221. The van der Waals surface area contributed by atoms with Crippen molar-refractivity contribution in [3.8, 4) is 17.2 Å². The summed E-state index contributed by atoms with van der Waals surface area (Å²) in [6, 6.07) is 22.4. The highest BCUT2D eigenvalue weighted by Crippen LogP contribution is 2.35. The van der Waals surface area contributed by atoms with Gasteiger partial charge in [0.05, 0.1) is 5.56 Å². The van der Waals surface area contributed by atoms with Crippen LogP contribution >= 0.6 is 24.1 Å². The van der Waals surface area contributed by atoms with Crippen LogP contribution in [0.25, 0.3) is 0 Å². The molecular weight excluding hydrogens is 412 g/mol. The van der Waals surface area contributed by atoms with Crippen LogP contribution in [0.3, 0.4) is 0 Å². The number of rotatable bonds is 7. The summed E-state index contributed by atoms with van der Waals surface area (Å²) >= 11 is 2.98. The Morgan fingerprint density at radius 3 is 1.55 bits per heavy atom. The molecule has 0 aliphatic heterocycles. The molecule has 0 aromatic heterocycles. The van der Waals surface area contributed by atoms with Crippen LogP contribution in [-0.2, 0) is 15.1 Å². The lowest BCUT2D eigenvalue weighted by molar-refractivity contribution is 0.0696. The fourth-order valence-corrected chi connectivity index (χ4v) is 3.41. The summed E-state index contributed by atoms with van der Waals surface area (Å²) < 4.78 is 5.47. The van der Waals surface area contributed by atoms with E-state index in [-0.39, 0.29) is 5.56 Å². The quantitative estimate of drug-likeness (QED) is 0.229. The average Bonchev–Trinajstić information content (AvgIpc) is 2.73. The van der Waals surface area contributed by atoms with E-state index in [0.29, 0.717) is 0 Å². The first kappa shape index (κ1) is 22.5. The fraction of sp³-hybridized carbons (Fsp3) is 0.0952. The number of carboxylic acid groups (broad SMARTS) is 1. The molecule has 4 N–H and O–H groups in total. The molecule has 8 heteroatoms. The van der Waals surface area contributed by atoms with E-state index in [1.54, 1.807) is 0 Å². The second-order valence-corrected chi connectivity index (χ2v) is 7.32. The van der Waals surface area contributed by atoms with Gasteiger partial charge in [0.15, 0.2) is 17.2 Å². The van der Waals surface area contributed by atoms with Crippen LogP contribution in [0.4, 0.5) is 0 Å². The van der Waals surface area contributed by atoms with Crippen molar-refractivity contribution in [3.63, 3.8) is 0 Å². The lowest BCUT2D eigenvalue weighted by Gasteiger charge is -2.02. The number of phenols is 3. The molecular formula is C21H20O6S2. The number of benzene rings is 3. The highest BCUT2D eigenvalue weighted by atomic mass is 32.2. The monoisotopic (exact) mass is 432 g/mol. The number of phenolic OH excluding ortho intramolecular Hbond substituents is 3. The average molecular weight is 433 g/mol. The molecule has 0 atom stereocenters. The maximum absolute atomic E-state index is 10.3. The van der Waals surface area contributed by atoms with E-state index in [9.17, 15) is 4.79 Å². The lowest BCUT2D eigenvalue weighted by Crippen LogP contribution is -1.95. The highest BCUT2D eigenvalue weighted by Gasteiger charge is 2.11. The van der Waals surface area contributed by atoms with Crippen LogP contribution in [0.2, 0.25) is 0 Å². The molecule has 3 aromatic rings. The third-order valence-corrected chi connectivity index (χ3v) is 5.22. The Kier molecular flexibility index (Phi) is 9.23. The topological polar surface area (TPSA) is 107 Å². The number of hydrogen-bond donors (Lipinski definition) is 4. The number of carboxylic acids is 1. The lowest BCUT2D eigenvalue weighted by atomic mass is 10.2. The first-order valence-electron chi connectivity index (χ1n) is 8.44. The van der Waals surface area contributed by atoms with Crippen molar-refractivity contribution in [2.24, 2.45) is 0 Å². The van der Waals surface area contributed by atoms with E-state index in [1.165, 1.54) is 35.2 Å². The van der Waals surface area contributed by atoms with Gasteiger partial charge in [0.25, 0.3) is 0 Å². The van der Waals surface area contributed by atoms with E-state index in [2.05, 4.69) is 24.3 Å². The molecule has 0 radical (unpaired) electrons. The largest absolute Gasteiger partial charge is 0.504 e. The molecule has 6 nitrogen and oxygen atoms in total. The molecule has 0 heterocycles. The molecule has 0 aliphatic rings. The third-order valence-electron chi connectivity index (χ3n) is 3.55. The molecule has 0 fully saturated rings. The van der Waals surface area contributed by atoms with Crippen LogP contribution in [0.5, 0.6) is 17.2 Å². The van der Waals surface area contributed by atoms with Crippen molar-refractivity contribution in [1.82, 2.24) is 0 Å². The zero-order valence-corrected chi connectivity index (χ0v) is 16.9. The van der Waals surface area contributed by atoms with Crippen molar-refractivity contribution >= 4 is 30.1 Å². The van der Waals surface area contributed by atoms with Crippen molar-refractivity contribution in [1.29, 1.82) is 0 Å². The summed E-state index contributed by atoms with van der Waals surface area (Å²) in [5.41, 5.74) is 2.29. The van der Waals surface area contributed by atoms with Gasteiger partial charge in [-0.05, 0) is 23.3 Å². The predicted octanol–water partition coefficient (Wildman–Crippen LogP) is 5.20. The highest BCUT2D eigenvalue weighted by molar-refractivity contribution is 8.07. The number of carbonyl (C=O) groups is 1. The summed E-state index contributed by atoms with van der Waals surface area (Å²) in [4.78, 5) is 10.3. The second kappa shape index (κ2) is 11.9. The second-order valence-electron chi connectivity index (χ2n) is 5.73. The van der Waals surface area contributed by atoms with Gasteiger partial charge in [-0.1, -0.05) is 60.7 Å². The van der Waals surface area contributed by atoms with Gasteiger partial charge in [0.1, 0.15) is 0 Å². The molecule has 0 spiro atoms. The molecule has 0 unspecified atom stereocenters. The van der Waals surface area contributed by atoms with Crippen molar-refractivity contribution in [2.75, 3.05) is 0 Å². The maximum atomic E-state index is 10.3. The summed E-state index contributed by atoms with van der Waals surface area (Å²) in [6.07, 6.45) is 0. The van der Waals surface area contributed by atoms with Crippen LogP contribution < -0.4 is 0 Å². The minimum Gasteiger partial charge on any atom is -0.504 e. The third kappa shape index (κ3) is 7.98. The first-order chi connectivity index (χ1) is 14.0. The van der Waals surface area contributed by atoms with Crippen LogP contribution in [0, 0.1) is 0 Å². The van der Waals surface area contributed by atoms with Crippen molar-refractivity contribution in [2.45, 2.75) is 11.5 Å². The molecule has 0 aliphatic carbocycles. The van der Waals surface area contributed by atoms with Gasteiger partial charge in [-0.15, -0.1) is 0 Å². The first-order valence-corrected chi connectivity index (χ1v) is 10.3. The molecule has 3 aromatic carbocycles. The minimum absolute atomic E-state index is 0.289. The Morgan fingerprint density at radius 1 is 0.759 bits per heavy atom. The molecule has 0 amide bonds. The standard InChI is InChI=1S/C14H14OS2.C7H6O5/c1-3-7-13(8-4-1)11-16-15-17-12-14-9-5-2-6-10-14;8-4-1-3(7(11)12)2-5(9)6(4)10/h1-10H,11-12H2;1-2,8-10H,(H,11,12).